The summed E-state index contributed by atoms with van der Waals surface area (Å²) in [4.78, 5) is 18.0. The first kappa shape index (κ1) is 18.2. The Morgan fingerprint density at radius 1 is 1.35 bits per heavy atom. The minimum absolute atomic E-state index is 0.0279. The van der Waals surface area contributed by atoms with Gasteiger partial charge < -0.3 is 10.2 Å². The average Bonchev–Trinajstić information content (AvgIpc) is 3.29. The molecule has 1 aliphatic heterocycles. The summed E-state index contributed by atoms with van der Waals surface area (Å²) in [5, 5.41) is 7.01. The molecular formula is C17H20F3N5O. The molecule has 0 saturated carbocycles. The monoisotopic (exact) mass is 367 g/mol. The number of hydrogen-bond donors (Lipinski definition) is 1. The largest absolute Gasteiger partial charge is 0.417 e. The third-order valence-electron chi connectivity index (χ3n) is 4.38. The zero-order valence-corrected chi connectivity index (χ0v) is 14.1. The van der Waals surface area contributed by atoms with Crippen molar-refractivity contribution in [2.45, 2.75) is 25.6 Å². The molecule has 0 radical (unpaired) electrons. The van der Waals surface area contributed by atoms with Crippen LogP contribution >= 0.6 is 0 Å². The molecule has 0 unspecified atom stereocenters. The van der Waals surface area contributed by atoms with E-state index in [1.165, 1.54) is 6.07 Å². The Morgan fingerprint density at radius 2 is 2.19 bits per heavy atom. The first-order valence-corrected chi connectivity index (χ1v) is 8.47. The number of aryl methyl sites for hydroxylation is 1. The van der Waals surface area contributed by atoms with Crippen molar-refractivity contribution < 1.29 is 18.0 Å². The Morgan fingerprint density at radius 3 is 2.85 bits per heavy atom. The number of nitrogens with one attached hydrogen (secondary N) is 1. The van der Waals surface area contributed by atoms with Crippen LogP contribution in [0.2, 0.25) is 0 Å². The van der Waals surface area contributed by atoms with E-state index < -0.39 is 11.7 Å². The van der Waals surface area contributed by atoms with E-state index in [-0.39, 0.29) is 11.8 Å². The van der Waals surface area contributed by atoms with Crippen LogP contribution in [-0.4, -0.2) is 40.3 Å². The van der Waals surface area contributed by atoms with Gasteiger partial charge in [-0.3, -0.25) is 9.48 Å². The van der Waals surface area contributed by atoms with E-state index in [1.54, 1.807) is 10.9 Å². The van der Waals surface area contributed by atoms with E-state index in [9.17, 15) is 18.0 Å². The molecular weight excluding hydrogens is 347 g/mol. The van der Waals surface area contributed by atoms with Crippen LogP contribution in [0, 0.1) is 5.92 Å². The summed E-state index contributed by atoms with van der Waals surface area (Å²) in [6.07, 6.45) is 1.46. The number of carbonyl (C=O) groups excluding carboxylic acids is 1. The van der Waals surface area contributed by atoms with Gasteiger partial charge in [-0.05, 0) is 31.0 Å². The summed E-state index contributed by atoms with van der Waals surface area (Å²) in [5.74, 6) is 0.260. The van der Waals surface area contributed by atoms with Gasteiger partial charge in [-0.1, -0.05) is 0 Å². The van der Waals surface area contributed by atoms with E-state index >= 15 is 0 Å². The zero-order chi connectivity index (χ0) is 18.6. The number of halogens is 3. The highest BCUT2D eigenvalue weighted by Gasteiger charge is 2.32. The highest BCUT2D eigenvalue weighted by molar-refractivity contribution is 5.80. The Kier molecular flexibility index (Phi) is 5.43. The van der Waals surface area contributed by atoms with Crippen molar-refractivity contribution in [1.82, 2.24) is 20.1 Å². The number of pyridine rings is 1. The molecule has 3 rings (SSSR count). The van der Waals surface area contributed by atoms with Crippen LogP contribution in [0.4, 0.5) is 19.0 Å². The number of carbonyl (C=O) groups is 1. The van der Waals surface area contributed by atoms with Gasteiger partial charge in [0.2, 0.25) is 5.91 Å². The molecule has 2 aromatic heterocycles. The van der Waals surface area contributed by atoms with Crippen molar-refractivity contribution in [3.8, 4) is 0 Å². The number of hydrogen-bond acceptors (Lipinski definition) is 4. The molecule has 0 bridgehead atoms. The predicted octanol–water partition coefficient (Wildman–Crippen LogP) is 2.33. The van der Waals surface area contributed by atoms with Crippen LogP contribution in [0.3, 0.4) is 0 Å². The minimum Gasteiger partial charge on any atom is -0.356 e. The molecule has 9 heteroatoms. The molecule has 6 nitrogen and oxygen atoms in total. The van der Waals surface area contributed by atoms with Gasteiger partial charge in [0.25, 0.3) is 0 Å². The van der Waals surface area contributed by atoms with Gasteiger partial charge in [0, 0.05) is 44.8 Å². The second-order valence-corrected chi connectivity index (χ2v) is 6.25. The molecule has 0 aliphatic carbocycles. The van der Waals surface area contributed by atoms with Gasteiger partial charge in [-0.2, -0.15) is 18.3 Å². The lowest BCUT2D eigenvalue weighted by Crippen LogP contribution is -2.33. The lowest BCUT2D eigenvalue weighted by atomic mass is 10.1. The summed E-state index contributed by atoms with van der Waals surface area (Å²) in [7, 11) is 0. The van der Waals surface area contributed by atoms with Crippen molar-refractivity contribution >= 4 is 11.7 Å². The standard InChI is InChI=1S/C17H20F3N5O/c18-17(19,20)14-3-4-15(22-11-14)24-10-5-13(12-24)16(26)21-6-1-8-25-9-2-7-23-25/h2-4,7,9,11,13H,1,5-6,8,10,12H2,(H,21,26)/t13-/m1/s1. The van der Waals surface area contributed by atoms with Crippen molar-refractivity contribution in [3.63, 3.8) is 0 Å². The maximum absolute atomic E-state index is 12.6. The molecule has 0 spiro atoms. The molecule has 140 valence electrons. The third kappa shape index (κ3) is 4.53. The topological polar surface area (TPSA) is 63.1 Å². The lowest BCUT2D eigenvalue weighted by Gasteiger charge is -2.18. The second kappa shape index (κ2) is 7.76. The van der Waals surface area contributed by atoms with E-state index in [4.69, 9.17) is 0 Å². The van der Waals surface area contributed by atoms with E-state index in [0.717, 1.165) is 25.2 Å². The van der Waals surface area contributed by atoms with Gasteiger partial charge in [-0.25, -0.2) is 4.98 Å². The Balaban J connectivity index is 1.44. The number of amides is 1. The van der Waals surface area contributed by atoms with Crippen LogP contribution in [0.25, 0.3) is 0 Å². The number of anilines is 1. The van der Waals surface area contributed by atoms with Crippen LogP contribution in [0.15, 0.2) is 36.8 Å². The van der Waals surface area contributed by atoms with Crippen molar-refractivity contribution in [2.75, 3.05) is 24.5 Å². The van der Waals surface area contributed by atoms with E-state index in [0.29, 0.717) is 31.9 Å². The highest BCUT2D eigenvalue weighted by Crippen LogP contribution is 2.30. The highest BCUT2D eigenvalue weighted by atomic mass is 19.4. The predicted molar refractivity (Wildman–Crippen MR) is 89.4 cm³/mol. The smallest absolute Gasteiger partial charge is 0.356 e. The molecule has 1 atom stereocenters. The van der Waals surface area contributed by atoms with Gasteiger partial charge in [0.05, 0.1) is 11.5 Å². The molecule has 3 heterocycles. The lowest BCUT2D eigenvalue weighted by molar-refractivity contribution is -0.137. The second-order valence-electron chi connectivity index (χ2n) is 6.25. The molecule has 1 N–H and O–H groups in total. The maximum Gasteiger partial charge on any atom is 0.417 e. The summed E-state index contributed by atoms with van der Waals surface area (Å²) in [6.45, 7) is 2.36. The Bertz CT molecular complexity index is 715. The fourth-order valence-corrected chi connectivity index (χ4v) is 2.95. The number of rotatable bonds is 6. The van der Waals surface area contributed by atoms with Crippen molar-refractivity contribution in [2.24, 2.45) is 5.92 Å². The summed E-state index contributed by atoms with van der Waals surface area (Å²) < 4.78 is 39.6. The van der Waals surface area contributed by atoms with E-state index in [2.05, 4.69) is 15.4 Å². The molecule has 1 fully saturated rings. The first-order valence-electron chi connectivity index (χ1n) is 8.47. The van der Waals surface area contributed by atoms with Crippen LogP contribution in [-0.2, 0) is 17.5 Å². The molecule has 0 aromatic carbocycles. The van der Waals surface area contributed by atoms with Gasteiger partial charge in [0.15, 0.2) is 0 Å². The van der Waals surface area contributed by atoms with Crippen LogP contribution < -0.4 is 10.2 Å². The van der Waals surface area contributed by atoms with Crippen LogP contribution in [0.5, 0.6) is 0 Å². The number of alkyl halides is 3. The molecule has 1 amide bonds. The fourth-order valence-electron chi connectivity index (χ4n) is 2.95. The van der Waals surface area contributed by atoms with Gasteiger partial charge >= 0.3 is 6.18 Å². The number of nitrogens with zero attached hydrogens (tertiary/aromatic N) is 4. The Hall–Kier alpha value is -2.58. The Labute approximate surface area is 149 Å². The molecule has 1 saturated heterocycles. The normalized spacial score (nSPS) is 17.5. The number of aromatic nitrogens is 3. The van der Waals surface area contributed by atoms with Crippen LogP contribution in [0.1, 0.15) is 18.4 Å². The van der Waals surface area contributed by atoms with E-state index in [1.807, 2.05) is 17.2 Å². The fraction of sp³-hybridized carbons (Fsp3) is 0.471. The summed E-state index contributed by atoms with van der Waals surface area (Å²) >= 11 is 0. The van der Waals surface area contributed by atoms with Gasteiger partial charge in [0.1, 0.15) is 5.82 Å². The van der Waals surface area contributed by atoms with Crippen molar-refractivity contribution in [1.29, 1.82) is 0 Å². The molecule has 2 aromatic rings. The molecule has 1 aliphatic rings. The van der Waals surface area contributed by atoms with Gasteiger partial charge in [-0.15, -0.1) is 0 Å². The maximum atomic E-state index is 12.6. The minimum atomic E-state index is -4.39. The SMILES string of the molecule is O=C(NCCCn1cccn1)[C@@H]1CCN(c2ccc(C(F)(F)F)cn2)C1. The summed E-state index contributed by atoms with van der Waals surface area (Å²) in [5.41, 5.74) is -0.771. The third-order valence-corrected chi connectivity index (χ3v) is 4.38. The zero-order valence-electron chi connectivity index (χ0n) is 14.1. The van der Waals surface area contributed by atoms with Crippen molar-refractivity contribution in [3.05, 3.63) is 42.4 Å². The summed E-state index contributed by atoms with van der Waals surface area (Å²) in [6, 6.07) is 4.22. The average molecular weight is 367 g/mol. The quantitative estimate of drug-likeness (QED) is 0.796. The first-order chi connectivity index (χ1) is 12.4. The molecule has 26 heavy (non-hydrogen) atoms.